The van der Waals surface area contributed by atoms with Gasteiger partial charge in [-0.15, -0.1) is 0 Å². The van der Waals surface area contributed by atoms with Gasteiger partial charge in [0.2, 0.25) is 0 Å². The third-order valence-electron chi connectivity index (χ3n) is 2.57. The zero-order chi connectivity index (χ0) is 13.8. The lowest BCUT2D eigenvalue weighted by atomic mass is 10.1. The second kappa shape index (κ2) is 5.75. The average Bonchev–Trinajstić information content (AvgIpc) is 2.77. The van der Waals surface area contributed by atoms with Crippen molar-refractivity contribution >= 4 is 39.8 Å². The van der Waals surface area contributed by atoms with Crippen LogP contribution in [0.4, 0.5) is 0 Å². The number of fused-ring (bicyclic) bond motifs is 1. The summed E-state index contributed by atoms with van der Waals surface area (Å²) in [6, 6.07) is 7.28. The molecule has 2 N–H and O–H groups in total. The molecule has 2 aromatic rings. The fraction of sp³-hybridized carbons (Fsp3) is 0.143. The van der Waals surface area contributed by atoms with Gasteiger partial charge in [-0.25, -0.2) is 4.79 Å². The lowest BCUT2D eigenvalue weighted by Crippen LogP contribution is -1.94. The summed E-state index contributed by atoms with van der Waals surface area (Å²) in [6.07, 6.45) is 3.82. The van der Waals surface area contributed by atoms with Crippen LogP contribution in [-0.4, -0.2) is 26.9 Å². The first-order valence-corrected chi connectivity index (χ1v) is 6.71. The molecule has 1 aromatic heterocycles. The van der Waals surface area contributed by atoms with Crippen LogP contribution >= 0.6 is 11.8 Å². The summed E-state index contributed by atoms with van der Waals surface area (Å²) in [6.45, 7) is 1.54. The maximum atomic E-state index is 10.9. The lowest BCUT2D eigenvalue weighted by Gasteiger charge is -1.94. The Balaban J connectivity index is 2.17. The number of carbonyl (C=O) groups is 2. The number of carboxylic acid groups (broad SMARTS) is 1. The van der Waals surface area contributed by atoms with Crippen LogP contribution in [0, 0.1) is 0 Å². The van der Waals surface area contributed by atoms with Crippen LogP contribution in [0.5, 0.6) is 0 Å². The number of nitrogens with one attached hydrogen (secondary N) is 1. The van der Waals surface area contributed by atoms with Crippen LogP contribution in [-0.2, 0) is 4.79 Å². The van der Waals surface area contributed by atoms with E-state index in [0.29, 0.717) is 5.75 Å². The summed E-state index contributed by atoms with van der Waals surface area (Å²) in [5.74, 6) is -0.329. The van der Waals surface area contributed by atoms with Gasteiger partial charge < -0.3 is 10.1 Å². The highest BCUT2D eigenvalue weighted by molar-refractivity contribution is 8.13. The molecule has 0 spiro atoms. The normalized spacial score (nSPS) is 11.2. The molecular formula is C14H13NO3S. The van der Waals surface area contributed by atoms with Crippen LogP contribution in [0.3, 0.4) is 0 Å². The minimum Gasteiger partial charge on any atom is -0.477 e. The quantitative estimate of drug-likeness (QED) is 0.899. The SMILES string of the molecule is CC(=O)SCC=Cc1ccc2cc(C(=O)O)[nH]c2c1. The smallest absolute Gasteiger partial charge is 0.352 e. The van der Waals surface area contributed by atoms with E-state index in [1.165, 1.54) is 18.7 Å². The molecule has 0 saturated heterocycles. The van der Waals surface area contributed by atoms with Crippen molar-refractivity contribution in [3.63, 3.8) is 0 Å². The molecule has 0 aliphatic carbocycles. The van der Waals surface area contributed by atoms with Crippen molar-refractivity contribution in [3.05, 3.63) is 41.6 Å². The first-order valence-electron chi connectivity index (χ1n) is 5.72. The number of carboxylic acids is 1. The molecule has 0 bridgehead atoms. The molecule has 19 heavy (non-hydrogen) atoms. The van der Waals surface area contributed by atoms with Crippen molar-refractivity contribution in [2.45, 2.75) is 6.92 Å². The van der Waals surface area contributed by atoms with Gasteiger partial charge in [-0.2, -0.15) is 0 Å². The summed E-state index contributed by atoms with van der Waals surface area (Å²) in [7, 11) is 0. The predicted molar refractivity (Wildman–Crippen MR) is 77.4 cm³/mol. The van der Waals surface area contributed by atoms with E-state index in [2.05, 4.69) is 4.98 Å². The first kappa shape index (κ1) is 13.4. The molecule has 5 heteroatoms. The van der Waals surface area contributed by atoms with Gasteiger partial charge >= 0.3 is 5.97 Å². The Hall–Kier alpha value is -2.01. The Morgan fingerprint density at radius 3 is 2.84 bits per heavy atom. The minimum atomic E-state index is -0.967. The van der Waals surface area contributed by atoms with Gasteiger partial charge in [0.1, 0.15) is 5.69 Å². The van der Waals surface area contributed by atoms with E-state index in [1.54, 1.807) is 6.07 Å². The fourth-order valence-corrected chi connectivity index (χ4v) is 2.14. The van der Waals surface area contributed by atoms with Gasteiger partial charge in [-0.3, -0.25) is 4.79 Å². The van der Waals surface area contributed by atoms with Crippen molar-refractivity contribution in [2.75, 3.05) is 5.75 Å². The van der Waals surface area contributed by atoms with Crippen LogP contribution in [0.25, 0.3) is 17.0 Å². The Labute approximate surface area is 114 Å². The van der Waals surface area contributed by atoms with Crippen molar-refractivity contribution in [3.8, 4) is 0 Å². The Kier molecular flexibility index (Phi) is 4.06. The Morgan fingerprint density at radius 2 is 2.16 bits per heavy atom. The molecule has 0 fully saturated rings. The highest BCUT2D eigenvalue weighted by Gasteiger charge is 2.06. The molecule has 0 aliphatic rings. The summed E-state index contributed by atoms with van der Waals surface area (Å²) in [5.41, 5.74) is 1.94. The van der Waals surface area contributed by atoms with Gasteiger partial charge in [0.05, 0.1) is 0 Å². The summed E-state index contributed by atoms with van der Waals surface area (Å²) in [5, 5.41) is 9.86. The highest BCUT2D eigenvalue weighted by atomic mass is 32.2. The molecule has 1 heterocycles. The number of benzene rings is 1. The van der Waals surface area contributed by atoms with Crippen molar-refractivity contribution < 1.29 is 14.7 Å². The number of carbonyl (C=O) groups excluding carboxylic acids is 1. The van der Waals surface area contributed by atoms with Gasteiger partial charge in [-0.05, 0) is 17.7 Å². The first-order chi connectivity index (χ1) is 9.06. The number of aromatic amines is 1. The molecule has 2 rings (SSSR count). The highest BCUT2D eigenvalue weighted by Crippen LogP contribution is 2.18. The number of H-pyrrole nitrogens is 1. The second-order valence-corrected chi connectivity index (χ2v) is 5.24. The maximum Gasteiger partial charge on any atom is 0.352 e. The summed E-state index contributed by atoms with van der Waals surface area (Å²) >= 11 is 1.25. The average molecular weight is 275 g/mol. The summed E-state index contributed by atoms with van der Waals surface area (Å²) in [4.78, 5) is 24.5. The molecule has 0 amide bonds. The minimum absolute atomic E-state index is 0.0931. The van der Waals surface area contributed by atoms with E-state index in [9.17, 15) is 9.59 Å². The monoisotopic (exact) mass is 275 g/mol. The number of aromatic carboxylic acids is 1. The topological polar surface area (TPSA) is 70.2 Å². The zero-order valence-corrected chi connectivity index (χ0v) is 11.2. The van der Waals surface area contributed by atoms with Gasteiger partial charge in [0.25, 0.3) is 0 Å². The van der Waals surface area contributed by atoms with Gasteiger partial charge in [0.15, 0.2) is 5.12 Å². The third kappa shape index (κ3) is 3.48. The molecule has 0 atom stereocenters. The lowest BCUT2D eigenvalue weighted by molar-refractivity contribution is -0.109. The zero-order valence-electron chi connectivity index (χ0n) is 10.3. The molecule has 98 valence electrons. The van der Waals surface area contributed by atoms with Crippen molar-refractivity contribution in [2.24, 2.45) is 0 Å². The van der Waals surface area contributed by atoms with E-state index in [4.69, 9.17) is 5.11 Å². The molecule has 0 saturated carbocycles. The van der Waals surface area contributed by atoms with E-state index < -0.39 is 5.97 Å². The number of thioether (sulfide) groups is 1. The molecular weight excluding hydrogens is 262 g/mol. The Morgan fingerprint density at radius 1 is 1.37 bits per heavy atom. The van der Waals surface area contributed by atoms with Crippen LogP contribution in [0.15, 0.2) is 30.3 Å². The maximum absolute atomic E-state index is 10.9. The molecule has 0 radical (unpaired) electrons. The number of hydrogen-bond donors (Lipinski definition) is 2. The fourth-order valence-electron chi connectivity index (χ4n) is 1.71. The number of rotatable bonds is 4. The predicted octanol–water partition coefficient (Wildman–Crippen LogP) is 3.16. The second-order valence-electron chi connectivity index (χ2n) is 4.04. The van der Waals surface area contributed by atoms with Gasteiger partial charge in [0, 0.05) is 23.6 Å². The van der Waals surface area contributed by atoms with Crippen LogP contribution < -0.4 is 0 Å². The molecule has 0 aliphatic heterocycles. The Bertz CT molecular complexity index is 658. The van der Waals surface area contributed by atoms with E-state index >= 15 is 0 Å². The largest absolute Gasteiger partial charge is 0.477 e. The van der Waals surface area contributed by atoms with E-state index in [0.717, 1.165) is 16.5 Å². The molecule has 4 nitrogen and oxygen atoms in total. The number of aromatic nitrogens is 1. The summed E-state index contributed by atoms with van der Waals surface area (Å²) < 4.78 is 0. The van der Waals surface area contributed by atoms with E-state index in [-0.39, 0.29) is 10.8 Å². The third-order valence-corrected chi connectivity index (χ3v) is 3.34. The van der Waals surface area contributed by atoms with Gasteiger partial charge in [-0.1, -0.05) is 36.0 Å². The van der Waals surface area contributed by atoms with Crippen molar-refractivity contribution in [1.29, 1.82) is 0 Å². The molecule has 0 unspecified atom stereocenters. The standard InChI is InChI=1S/C14H13NO3S/c1-9(16)19-6-2-3-10-4-5-11-8-13(14(17)18)15-12(11)7-10/h2-5,7-8,15H,6H2,1H3,(H,17,18). The molecule has 1 aromatic carbocycles. The number of hydrogen-bond acceptors (Lipinski definition) is 3. The van der Waals surface area contributed by atoms with Crippen LogP contribution in [0.2, 0.25) is 0 Å². The van der Waals surface area contributed by atoms with E-state index in [1.807, 2.05) is 30.4 Å². The van der Waals surface area contributed by atoms with Crippen molar-refractivity contribution in [1.82, 2.24) is 4.98 Å². The van der Waals surface area contributed by atoms with Crippen LogP contribution in [0.1, 0.15) is 23.0 Å².